The molecule has 32 heavy (non-hydrogen) atoms. The molecule has 0 aromatic heterocycles. The van der Waals surface area contributed by atoms with Crippen LogP contribution >= 0.6 is 0 Å². The Labute approximate surface area is 194 Å². The van der Waals surface area contributed by atoms with Gasteiger partial charge in [0.25, 0.3) is 0 Å². The molecule has 0 heterocycles. The third-order valence-corrected chi connectivity index (χ3v) is 6.46. The minimum absolute atomic E-state index is 0.0307. The molecule has 2 radical (unpaired) electrons. The first kappa shape index (κ1) is 29.9. The predicted molar refractivity (Wildman–Crippen MR) is 125 cm³/mol. The summed E-state index contributed by atoms with van der Waals surface area (Å²) >= 11 is 0. The van der Waals surface area contributed by atoms with Crippen molar-refractivity contribution in [2.45, 2.75) is 81.3 Å². The van der Waals surface area contributed by atoms with Gasteiger partial charge in [-0.1, -0.05) is 19.4 Å². The molecule has 0 aromatic carbocycles. The van der Waals surface area contributed by atoms with Crippen molar-refractivity contribution in [1.82, 2.24) is 4.90 Å². The number of carbonyl (C=O) groups excluding carboxylic acids is 4. The molecule has 0 aromatic rings. The lowest BCUT2D eigenvalue weighted by molar-refractivity contribution is -0.168. The lowest BCUT2D eigenvalue weighted by Gasteiger charge is -2.35. The fraction of sp³-hybridized carbons (Fsp3) is 0.750. The third-order valence-electron chi connectivity index (χ3n) is 6.46. The summed E-state index contributed by atoms with van der Waals surface area (Å²) in [6.07, 6.45) is -0.106. The van der Waals surface area contributed by atoms with E-state index in [1.165, 1.54) is 25.9 Å². The SMILES string of the molecule is [B]CN(C)C(=O)C(C)(C)CC(=O)C(C)(C)C(=O)OC(C)(C)/C(C)=C(/C)C(C)(C)C(=O)OC. The quantitative estimate of drug-likeness (QED) is 0.220. The molecule has 0 saturated heterocycles. The van der Waals surface area contributed by atoms with Crippen molar-refractivity contribution in [3.05, 3.63) is 11.1 Å². The molecule has 0 saturated carbocycles. The minimum Gasteiger partial charge on any atom is -0.468 e. The number of ether oxygens (including phenoxy) is 2. The smallest absolute Gasteiger partial charge is 0.319 e. The summed E-state index contributed by atoms with van der Waals surface area (Å²) in [5, 5.41) is 0. The van der Waals surface area contributed by atoms with Crippen LogP contribution in [0.4, 0.5) is 0 Å². The molecular formula is C24H40BNO6. The first-order valence-corrected chi connectivity index (χ1v) is 10.7. The average Bonchev–Trinajstić information content (AvgIpc) is 2.69. The van der Waals surface area contributed by atoms with Crippen LogP contribution in [0.2, 0.25) is 0 Å². The van der Waals surface area contributed by atoms with Gasteiger partial charge in [0.1, 0.15) is 11.0 Å². The Bertz CT molecular complexity index is 792. The molecule has 0 spiro atoms. The summed E-state index contributed by atoms with van der Waals surface area (Å²) in [5.74, 6) is -1.79. The maximum atomic E-state index is 13.1. The standard InChI is InChI=1S/C24H40BNO6/c1-15(22(5,6)19(29)31-12)16(2)24(9,10)32-20(30)23(7,8)17(27)13-21(3,4)18(28)26(11)14-25/h13-14H2,1-12H3/b16-15-. The largest absolute Gasteiger partial charge is 0.468 e. The van der Waals surface area contributed by atoms with E-state index < -0.39 is 39.6 Å². The number of hydrogen-bond acceptors (Lipinski definition) is 6. The van der Waals surface area contributed by atoms with Gasteiger partial charge in [-0.05, 0) is 67.4 Å². The molecule has 180 valence electrons. The number of carbonyl (C=O) groups is 4. The van der Waals surface area contributed by atoms with Gasteiger partial charge in [-0.2, -0.15) is 0 Å². The van der Waals surface area contributed by atoms with Crippen LogP contribution in [0.1, 0.15) is 75.7 Å². The molecule has 1 amide bonds. The number of esters is 2. The first-order chi connectivity index (χ1) is 14.2. The van der Waals surface area contributed by atoms with E-state index >= 15 is 0 Å². The van der Waals surface area contributed by atoms with E-state index in [-0.39, 0.29) is 18.8 Å². The van der Waals surface area contributed by atoms with Gasteiger partial charge in [-0.15, -0.1) is 0 Å². The third kappa shape index (κ3) is 6.45. The van der Waals surface area contributed by atoms with Gasteiger partial charge in [-0.25, -0.2) is 0 Å². The summed E-state index contributed by atoms with van der Waals surface area (Å²) in [6, 6.07) is 0. The van der Waals surface area contributed by atoms with Crippen LogP contribution in [0.3, 0.4) is 0 Å². The molecule has 0 aliphatic heterocycles. The average molecular weight is 449 g/mol. The van der Waals surface area contributed by atoms with E-state index in [1.807, 2.05) is 0 Å². The van der Waals surface area contributed by atoms with Crippen LogP contribution in [0.5, 0.6) is 0 Å². The van der Waals surface area contributed by atoms with Crippen LogP contribution < -0.4 is 0 Å². The van der Waals surface area contributed by atoms with E-state index in [1.54, 1.807) is 62.4 Å². The van der Waals surface area contributed by atoms with Crippen molar-refractivity contribution >= 4 is 31.5 Å². The summed E-state index contributed by atoms with van der Waals surface area (Å²) in [5.41, 5.74) is -3.08. The van der Waals surface area contributed by atoms with Crippen LogP contribution in [0.15, 0.2) is 11.1 Å². The van der Waals surface area contributed by atoms with Crippen LogP contribution in [0.25, 0.3) is 0 Å². The zero-order chi connectivity index (χ0) is 25.9. The molecule has 7 nitrogen and oxygen atoms in total. The van der Waals surface area contributed by atoms with Gasteiger partial charge in [0, 0.05) is 13.5 Å². The van der Waals surface area contributed by atoms with Crippen molar-refractivity contribution < 1.29 is 28.7 Å². The minimum atomic E-state index is -1.47. The maximum Gasteiger partial charge on any atom is 0.319 e. The predicted octanol–water partition coefficient (Wildman–Crippen LogP) is 3.44. The molecule has 8 heteroatoms. The van der Waals surface area contributed by atoms with Gasteiger partial charge in [0.15, 0.2) is 5.78 Å². The van der Waals surface area contributed by atoms with Crippen LogP contribution in [-0.4, -0.2) is 62.6 Å². The highest BCUT2D eigenvalue weighted by molar-refractivity contribution is 6.10. The number of rotatable bonds is 10. The van der Waals surface area contributed by atoms with E-state index in [2.05, 4.69) is 0 Å². The molecule has 0 fully saturated rings. The Morgan fingerprint density at radius 3 is 1.69 bits per heavy atom. The number of Topliss-reactive ketones (excluding diaryl/α,β-unsaturated/α-hetero) is 1. The van der Waals surface area contributed by atoms with Gasteiger partial charge in [-0.3, -0.25) is 19.2 Å². The van der Waals surface area contributed by atoms with Crippen LogP contribution in [-0.2, 0) is 28.7 Å². The molecule has 0 N–H and O–H groups in total. The van der Waals surface area contributed by atoms with E-state index in [0.29, 0.717) is 11.1 Å². The van der Waals surface area contributed by atoms with Gasteiger partial charge in [0.2, 0.25) is 5.91 Å². The summed E-state index contributed by atoms with van der Waals surface area (Å²) < 4.78 is 10.7. The van der Waals surface area contributed by atoms with E-state index in [4.69, 9.17) is 17.3 Å². The number of amides is 1. The first-order valence-electron chi connectivity index (χ1n) is 10.7. The molecule has 0 unspecified atom stereocenters. The maximum absolute atomic E-state index is 13.1. The van der Waals surface area contributed by atoms with Gasteiger partial charge >= 0.3 is 11.9 Å². The summed E-state index contributed by atoms with van der Waals surface area (Å²) in [7, 11) is 8.41. The summed E-state index contributed by atoms with van der Waals surface area (Å²) in [4.78, 5) is 52.2. The van der Waals surface area contributed by atoms with Crippen molar-refractivity contribution in [3.63, 3.8) is 0 Å². The highest BCUT2D eigenvalue weighted by atomic mass is 16.6. The Morgan fingerprint density at radius 1 is 0.812 bits per heavy atom. The monoisotopic (exact) mass is 449 g/mol. The molecule has 0 atom stereocenters. The second-order valence-corrected chi connectivity index (χ2v) is 10.6. The van der Waals surface area contributed by atoms with Crippen molar-refractivity contribution in [2.24, 2.45) is 16.2 Å². The second kappa shape index (κ2) is 10.2. The molecule has 0 aliphatic rings. The Hall–Kier alpha value is -2.12. The number of nitrogens with zero attached hydrogens (tertiary/aromatic N) is 1. The highest BCUT2D eigenvalue weighted by Gasteiger charge is 2.45. The fourth-order valence-corrected chi connectivity index (χ4v) is 3.18. The Morgan fingerprint density at radius 2 is 1.28 bits per heavy atom. The van der Waals surface area contributed by atoms with Crippen molar-refractivity contribution in [2.75, 3.05) is 20.6 Å². The number of methoxy groups -OCH3 is 1. The lowest BCUT2D eigenvalue weighted by atomic mass is 9.76. The normalized spacial score (nSPS) is 13.8. The summed E-state index contributed by atoms with van der Waals surface area (Å²) in [6.45, 7) is 16.7. The fourth-order valence-electron chi connectivity index (χ4n) is 3.18. The Kier molecular flexibility index (Phi) is 9.54. The second-order valence-electron chi connectivity index (χ2n) is 10.6. The number of hydrogen-bond donors (Lipinski definition) is 0. The highest BCUT2D eigenvalue weighted by Crippen LogP contribution is 2.37. The van der Waals surface area contributed by atoms with E-state index in [0.717, 1.165) is 0 Å². The molecular weight excluding hydrogens is 409 g/mol. The van der Waals surface area contributed by atoms with Gasteiger partial charge in [0.05, 0.1) is 25.8 Å². The zero-order valence-electron chi connectivity index (χ0n) is 21.9. The van der Waals surface area contributed by atoms with Gasteiger partial charge < -0.3 is 14.4 Å². The zero-order valence-corrected chi connectivity index (χ0v) is 21.9. The number of ketones is 1. The van der Waals surface area contributed by atoms with E-state index in [9.17, 15) is 19.2 Å². The van der Waals surface area contributed by atoms with Crippen molar-refractivity contribution in [3.8, 4) is 0 Å². The Balaban J connectivity index is 5.77. The molecule has 0 rings (SSSR count). The lowest BCUT2D eigenvalue weighted by Crippen LogP contribution is -2.45. The van der Waals surface area contributed by atoms with Crippen molar-refractivity contribution in [1.29, 1.82) is 0 Å². The molecule has 0 bridgehead atoms. The topological polar surface area (TPSA) is 90.0 Å². The van der Waals surface area contributed by atoms with Crippen LogP contribution in [0, 0.1) is 16.2 Å². The molecule has 0 aliphatic carbocycles.